The van der Waals surface area contributed by atoms with Crippen molar-refractivity contribution in [2.45, 2.75) is 13.5 Å². The number of halogens is 1. The van der Waals surface area contributed by atoms with Gasteiger partial charge in [0.05, 0.1) is 32.4 Å². The van der Waals surface area contributed by atoms with Crippen molar-refractivity contribution in [3.63, 3.8) is 0 Å². The number of anilines is 1. The fourth-order valence-electron chi connectivity index (χ4n) is 3.15. The van der Waals surface area contributed by atoms with Crippen LogP contribution in [0.5, 0.6) is 0 Å². The van der Waals surface area contributed by atoms with Crippen LogP contribution in [0, 0.1) is 12.7 Å². The van der Waals surface area contributed by atoms with Crippen LogP contribution in [0.4, 0.5) is 14.9 Å². The number of amides is 2. The van der Waals surface area contributed by atoms with Crippen LogP contribution in [0.2, 0.25) is 0 Å². The third-order valence-corrected chi connectivity index (χ3v) is 4.68. The van der Waals surface area contributed by atoms with Gasteiger partial charge in [-0.1, -0.05) is 12.1 Å². The summed E-state index contributed by atoms with van der Waals surface area (Å²) in [5, 5.41) is 0. The van der Waals surface area contributed by atoms with Crippen molar-refractivity contribution in [3.8, 4) is 0 Å². The van der Waals surface area contributed by atoms with E-state index in [9.17, 15) is 14.0 Å². The number of methoxy groups -OCH3 is 1. The van der Waals surface area contributed by atoms with Gasteiger partial charge in [0.2, 0.25) is 0 Å². The highest BCUT2D eigenvalue weighted by molar-refractivity contribution is 5.93. The van der Waals surface area contributed by atoms with Crippen molar-refractivity contribution in [1.29, 1.82) is 0 Å². The van der Waals surface area contributed by atoms with Gasteiger partial charge in [-0.2, -0.15) is 0 Å². The second kappa shape index (κ2) is 8.84. The van der Waals surface area contributed by atoms with Crippen LogP contribution >= 0.6 is 0 Å². The second-order valence-corrected chi connectivity index (χ2v) is 6.59. The molecule has 7 heteroatoms. The molecule has 0 aromatic heterocycles. The van der Waals surface area contributed by atoms with E-state index in [4.69, 9.17) is 9.47 Å². The first-order chi connectivity index (χ1) is 13.5. The maximum absolute atomic E-state index is 13.6. The first-order valence-electron chi connectivity index (χ1n) is 9.07. The summed E-state index contributed by atoms with van der Waals surface area (Å²) < 4.78 is 23.6. The quantitative estimate of drug-likeness (QED) is 0.756. The summed E-state index contributed by atoms with van der Waals surface area (Å²) in [5.41, 5.74) is 2.61. The van der Waals surface area contributed by atoms with E-state index in [2.05, 4.69) is 0 Å². The SMILES string of the molecule is COC(=O)c1ccc(CN(C(=O)N2CCOCC2)c2ccc(F)cc2C)cc1. The summed E-state index contributed by atoms with van der Waals surface area (Å²) in [7, 11) is 1.33. The topological polar surface area (TPSA) is 59.1 Å². The Bertz CT molecular complexity index is 848. The molecule has 2 aromatic carbocycles. The Morgan fingerprint density at radius 2 is 1.82 bits per heavy atom. The molecular formula is C21H23FN2O4. The lowest BCUT2D eigenvalue weighted by Gasteiger charge is -2.33. The van der Waals surface area contributed by atoms with Gasteiger partial charge < -0.3 is 14.4 Å². The number of hydrogen-bond donors (Lipinski definition) is 0. The lowest BCUT2D eigenvalue weighted by atomic mass is 10.1. The molecule has 0 saturated carbocycles. The number of nitrogens with zero attached hydrogens (tertiary/aromatic N) is 2. The number of hydrogen-bond acceptors (Lipinski definition) is 4. The molecule has 0 spiro atoms. The third-order valence-electron chi connectivity index (χ3n) is 4.68. The number of ether oxygens (including phenoxy) is 2. The molecule has 2 amide bonds. The number of morpholine rings is 1. The van der Waals surface area contributed by atoms with Crippen LogP contribution < -0.4 is 4.90 Å². The molecule has 1 heterocycles. The number of urea groups is 1. The van der Waals surface area contributed by atoms with Gasteiger partial charge in [-0.3, -0.25) is 4.90 Å². The summed E-state index contributed by atoms with van der Waals surface area (Å²) in [4.78, 5) is 28.2. The molecule has 0 bridgehead atoms. The van der Waals surface area contributed by atoms with Gasteiger partial charge in [-0.15, -0.1) is 0 Å². The van der Waals surface area contributed by atoms with Crippen molar-refractivity contribution >= 4 is 17.7 Å². The molecule has 0 aliphatic carbocycles. The minimum atomic E-state index is -0.415. The van der Waals surface area contributed by atoms with Crippen LogP contribution in [0.1, 0.15) is 21.5 Å². The largest absolute Gasteiger partial charge is 0.465 e. The highest BCUT2D eigenvalue weighted by Crippen LogP contribution is 2.25. The molecule has 1 saturated heterocycles. The number of benzene rings is 2. The number of aryl methyl sites for hydroxylation is 1. The van der Waals surface area contributed by atoms with E-state index in [-0.39, 0.29) is 11.8 Å². The van der Waals surface area contributed by atoms with Gasteiger partial charge in [-0.05, 0) is 48.4 Å². The Balaban J connectivity index is 1.89. The van der Waals surface area contributed by atoms with Crippen LogP contribution in [0.25, 0.3) is 0 Å². The van der Waals surface area contributed by atoms with E-state index in [0.29, 0.717) is 49.7 Å². The van der Waals surface area contributed by atoms with E-state index in [1.54, 1.807) is 47.1 Å². The minimum absolute atomic E-state index is 0.157. The molecule has 0 atom stereocenters. The maximum atomic E-state index is 13.6. The van der Waals surface area contributed by atoms with Gasteiger partial charge in [-0.25, -0.2) is 14.0 Å². The van der Waals surface area contributed by atoms with Crippen LogP contribution in [-0.4, -0.2) is 50.3 Å². The van der Waals surface area contributed by atoms with E-state index in [0.717, 1.165) is 5.56 Å². The fraction of sp³-hybridized carbons (Fsp3) is 0.333. The van der Waals surface area contributed by atoms with Crippen molar-refractivity contribution in [2.75, 3.05) is 38.3 Å². The van der Waals surface area contributed by atoms with Gasteiger partial charge in [0.15, 0.2) is 0 Å². The zero-order valence-corrected chi connectivity index (χ0v) is 16.0. The Morgan fingerprint density at radius 1 is 1.14 bits per heavy atom. The number of carbonyl (C=O) groups is 2. The van der Waals surface area contributed by atoms with Crippen molar-refractivity contribution < 1.29 is 23.5 Å². The summed E-state index contributed by atoms with van der Waals surface area (Å²) in [6, 6.07) is 11.1. The lowest BCUT2D eigenvalue weighted by Crippen LogP contribution is -2.48. The summed E-state index contributed by atoms with van der Waals surface area (Å²) >= 11 is 0. The monoisotopic (exact) mass is 386 g/mol. The average molecular weight is 386 g/mol. The van der Waals surface area contributed by atoms with Crippen LogP contribution in [0.3, 0.4) is 0 Å². The van der Waals surface area contributed by atoms with Gasteiger partial charge in [0.1, 0.15) is 5.82 Å². The first-order valence-corrected chi connectivity index (χ1v) is 9.07. The number of esters is 1. The first kappa shape index (κ1) is 19.8. The number of carbonyl (C=O) groups excluding carboxylic acids is 2. The zero-order valence-electron chi connectivity index (χ0n) is 16.0. The molecule has 6 nitrogen and oxygen atoms in total. The molecular weight excluding hydrogens is 363 g/mol. The van der Waals surface area contributed by atoms with Crippen molar-refractivity contribution in [1.82, 2.24) is 4.90 Å². The summed E-state index contributed by atoms with van der Waals surface area (Å²) in [6.45, 7) is 4.09. The molecule has 1 aliphatic heterocycles. The molecule has 2 aromatic rings. The average Bonchev–Trinajstić information content (AvgIpc) is 2.72. The molecule has 28 heavy (non-hydrogen) atoms. The maximum Gasteiger partial charge on any atom is 0.337 e. The highest BCUT2D eigenvalue weighted by Gasteiger charge is 2.25. The summed E-state index contributed by atoms with van der Waals surface area (Å²) in [5.74, 6) is -0.760. The molecule has 1 aliphatic rings. The molecule has 3 rings (SSSR count). The zero-order chi connectivity index (χ0) is 20.1. The van der Waals surface area contributed by atoms with Gasteiger partial charge in [0.25, 0.3) is 0 Å². The smallest absolute Gasteiger partial charge is 0.337 e. The van der Waals surface area contributed by atoms with E-state index >= 15 is 0 Å². The molecule has 1 fully saturated rings. The van der Waals surface area contributed by atoms with Gasteiger partial charge in [0, 0.05) is 18.8 Å². The number of rotatable bonds is 4. The molecule has 0 N–H and O–H groups in total. The Labute approximate surface area is 163 Å². The third kappa shape index (κ3) is 4.48. The van der Waals surface area contributed by atoms with Gasteiger partial charge >= 0.3 is 12.0 Å². The Hall–Kier alpha value is -2.93. The van der Waals surface area contributed by atoms with Crippen LogP contribution in [-0.2, 0) is 16.0 Å². The van der Waals surface area contributed by atoms with Crippen LogP contribution in [0.15, 0.2) is 42.5 Å². The fourth-order valence-corrected chi connectivity index (χ4v) is 3.15. The second-order valence-electron chi connectivity index (χ2n) is 6.59. The summed E-state index contributed by atoms with van der Waals surface area (Å²) in [6.07, 6.45) is 0. The predicted octanol–water partition coefficient (Wildman–Crippen LogP) is 3.38. The minimum Gasteiger partial charge on any atom is -0.465 e. The Kier molecular flexibility index (Phi) is 6.26. The molecule has 0 radical (unpaired) electrons. The normalized spacial score (nSPS) is 13.9. The molecule has 148 valence electrons. The van der Waals surface area contributed by atoms with E-state index in [1.807, 2.05) is 0 Å². The Morgan fingerprint density at radius 3 is 2.43 bits per heavy atom. The van der Waals surface area contributed by atoms with E-state index in [1.165, 1.54) is 19.2 Å². The lowest BCUT2D eigenvalue weighted by molar-refractivity contribution is 0.0548. The predicted molar refractivity (Wildman–Crippen MR) is 103 cm³/mol. The standard InChI is InChI=1S/C21H23FN2O4/c1-15-13-18(22)7-8-19(15)24(21(26)23-9-11-28-12-10-23)14-16-3-5-17(6-4-16)20(25)27-2/h3-8,13H,9-12,14H2,1-2H3. The van der Waals surface area contributed by atoms with E-state index < -0.39 is 5.97 Å². The van der Waals surface area contributed by atoms with Crippen molar-refractivity contribution in [2.24, 2.45) is 0 Å². The van der Waals surface area contributed by atoms with Crippen molar-refractivity contribution in [3.05, 3.63) is 65.0 Å². The molecule has 0 unspecified atom stereocenters. The highest BCUT2D eigenvalue weighted by atomic mass is 19.1.